The van der Waals surface area contributed by atoms with Gasteiger partial charge < -0.3 is 24.4 Å². The molecule has 7 atom stereocenters. The van der Waals surface area contributed by atoms with E-state index in [9.17, 15) is 15.0 Å². The molecule has 2 bridgehead atoms. The van der Waals surface area contributed by atoms with E-state index in [-0.39, 0.29) is 30.3 Å². The molecule has 0 saturated carbocycles. The summed E-state index contributed by atoms with van der Waals surface area (Å²) in [6.07, 6.45) is 3.85. The molecule has 6 heteroatoms. The summed E-state index contributed by atoms with van der Waals surface area (Å²) >= 11 is 0. The lowest BCUT2D eigenvalue weighted by atomic mass is 9.78. The Morgan fingerprint density at radius 2 is 1.96 bits per heavy atom. The van der Waals surface area contributed by atoms with Gasteiger partial charge in [0.05, 0.1) is 35.6 Å². The van der Waals surface area contributed by atoms with Gasteiger partial charge in [0.15, 0.2) is 6.10 Å². The van der Waals surface area contributed by atoms with E-state index in [1.165, 1.54) is 0 Å². The molecule has 0 aromatic carbocycles. The number of rotatable bonds is 1. The van der Waals surface area contributed by atoms with Crippen LogP contribution in [0.25, 0.3) is 0 Å². The van der Waals surface area contributed by atoms with Crippen molar-refractivity contribution in [1.82, 2.24) is 0 Å². The maximum Gasteiger partial charge on any atom is 0.337 e. The molecule has 4 aliphatic rings. The second kappa shape index (κ2) is 6.30. The zero-order valence-electron chi connectivity index (χ0n) is 15.9. The Bertz CT molecular complexity index is 626. The highest BCUT2D eigenvalue weighted by Gasteiger charge is 2.54. The highest BCUT2D eigenvalue weighted by molar-refractivity contribution is 5.92. The minimum Gasteiger partial charge on any atom is -0.452 e. The Morgan fingerprint density at radius 1 is 1.19 bits per heavy atom. The molecule has 3 saturated heterocycles. The number of aliphatic hydroxyl groups is 2. The third-order valence-corrected chi connectivity index (χ3v) is 6.93. The Hall–Kier alpha value is -0.950. The van der Waals surface area contributed by atoms with Crippen molar-refractivity contribution in [2.75, 3.05) is 6.61 Å². The number of hydrogen-bond acceptors (Lipinski definition) is 6. The predicted molar refractivity (Wildman–Crippen MR) is 93.4 cm³/mol. The van der Waals surface area contributed by atoms with Gasteiger partial charge in [0, 0.05) is 6.42 Å². The van der Waals surface area contributed by atoms with Crippen LogP contribution in [-0.2, 0) is 19.0 Å². The summed E-state index contributed by atoms with van der Waals surface area (Å²) in [7, 11) is 0. The van der Waals surface area contributed by atoms with Crippen molar-refractivity contribution in [1.29, 1.82) is 0 Å². The molecule has 0 aromatic rings. The van der Waals surface area contributed by atoms with Gasteiger partial charge in [-0.05, 0) is 51.0 Å². The molecule has 0 aromatic heterocycles. The van der Waals surface area contributed by atoms with Crippen molar-refractivity contribution in [3.8, 4) is 0 Å². The maximum atomic E-state index is 12.2. The van der Waals surface area contributed by atoms with Crippen molar-refractivity contribution in [3.63, 3.8) is 0 Å². The normalized spacial score (nSPS) is 48.8. The number of aliphatic hydroxyl groups excluding tert-OH is 1. The number of hydrogen-bond donors (Lipinski definition) is 2. The molecule has 4 heterocycles. The molecule has 0 unspecified atom stereocenters. The van der Waals surface area contributed by atoms with Crippen molar-refractivity contribution in [3.05, 3.63) is 11.1 Å². The fourth-order valence-electron chi connectivity index (χ4n) is 4.94. The summed E-state index contributed by atoms with van der Waals surface area (Å²) in [4.78, 5) is 12.2. The molecule has 0 aliphatic carbocycles. The average molecular weight is 366 g/mol. The minimum atomic E-state index is -1.02. The molecular formula is C20H30O6. The van der Waals surface area contributed by atoms with Gasteiger partial charge in [-0.2, -0.15) is 0 Å². The van der Waals surface area contributed by atoms with Crippen LogP contribution in [0.5, 0.6) is 0 Å². The fraction of sp³-hybridized carbons (Fsp3) is 0.850. The Kier molecular flexibility index (Phi) is 4.46. The largest absolute Gasteiger partial charge is 0.452 e. The lowest BCUT2D eigenvalue weighted by molar-refractivity contribution is -0.188. The summed E-state index contributed by atoms with van der Waals surface area (Å²) in [6, 6.07) is 0. The van der Waals surface area contributed by atoms with Gasteiger partial charge in [0.2, 0.25) is 0 Å². The van der Waals surface area contributed by atoms with E-state index >= 15 is 0 Å². The number of fused-ring (bicyclic) bond motifs is 5. The first-order valence-electron chi connectivity index (χ1n) is 9.84. The number of carbonyl (C=O) groups excluding carboxylic acids is 1. The lowest BCUT2D eigenvalue weighted by Gasteiger charge is -2.44. The molecule has 2 N–H and O–H groups in total. The summed E-state index contributed by atoms with van der Waals surface area (Å²) in [5.41, 5.74) is 0.0885. The van der Waals surface area contributed by atoms with Crippen molar-refractivity contribution in [2.45, 2.75) is 94.9 Å². The maximum absolute atomic E-state index is 12.2. The lowest BCUT2D eigenvalue weighted by Crippen LogP contribution is -2.52. The molecule has 4 rings (SSSR count). The predicted octanol–water partition coefficient (Wildman–Crippen LogP) is 1.87. The first-order valence-corrected chi connectivity index (χ1v) is 9.84. The third-order valence-electron chi connectivity index (χ3n) is 6.93. The van der Waals surface area contributed by atoms with Gasteiger partial charge in [-0.1, -0.05) is 13.3 Å². The minimum absolute atomic E-state index is 0.0556. The van der Waals surface area contributed by atoms with E-state index < -0.39 is 23.8 Å². The van der Waals surface area contributed by atoms with Crippen LogP contribution in [0.3, 0.4) is 0 Å². The van der Waals surface area contributed by atoms with Crippen LogP contribution in [0.2, 0.25) is 0 Å². The van der Waals surface area contributed by atoms with Gasteiger partial charge >= 0.3 is 5.97 Å². The van der Waals surface area contributed by atoms with Gasteiger partial charge in [-0.15, -0.1) is 0 Å². The van der Waals surface area contributed by atoms with E-state index in [2.05, 4.69) is 13.8 Å². The van der Waals surface area contributed by atoms with E-state index in [1.807, 2.05) is 6.92 Å². The Balaban J connectivity index is 1.65. The van der Waals surface area contributed by atoms with Gasteiger partial charge in [0.25, 0.3) is 0 Å². The molecule has 146 valence electrons. The first kappa shape index (κ1) is 18.4. The zero-order valence-corrected chi connectivity index (χ0v) is 15.9. The van der Waals surface area contributed by atoms with Crippen LogP contribution >= 0.6 is 0 Å². The number of ether oxygens (including phenoxy) is 3. The van der Waals surface area contributed by atoms with Crippen LogP contribution in [0.15, 0.2) is 11.1 Å². The smallest absolute Gasteiger partial charge is 0.337 e. The quantitative estimate of drug-likeness (QED) is 0.544. The highest BCUT2D eigenvalue weighted by atomic mass is 16.6. The second-order valence-electron chi connectivity index (χ2n) is 8.97. The van der Waals surface area contributed by atoms with Crippen molar-refractivity contribution in [2.24, 2.45) is 5.92 Å². The second-order valence-corrected chi connectivity index (χ2v) is 8.97. The average Bonchev–Trinajstić information content (AvgIpc) is 3.11. The summed E-state index contributed by atoms with van der Waals surface area (Å²) < 4.78 is 17.8. The van der Waals surface area contributed by atoms with Crippen LogP contribution < -0.4 is 0 Å². The van der Waals surface area contributed by atoms with E-state index in [4.69, 9.17) is 14.2 Å². The monoisotopic (exact) mass is 366 g/mol. The third kappa shape index (κ3) is 3.01. The van der Waals surface area contributed by atoms with Crippen LogP contribution in [-0.4, -0.2) is 58.4 Å². The SMILES string of the molecule is C[C@H]1CCC[C@]2(C)O[C@H]2CC[C@](C)(O)[C@H]2CC3=C(CO)C(=O)O[C@@H]3[C@@H]1O2. The van der Waals surface area contributed by atoms with Gasteiger partial charge in [-0.25, -0.2) is 4.79 Å². The Labute approximate surface area is 154 Å². The summed E-state index contributed by atoms with van der Waals surface area (Å²) in [5.74, 6) is -0.264. The number of carbonyl (C=O) groups is 1. The summed E-state index contributed by atoms with van der Waals surface area (Å²) in [6.45, 7) is 5.76. The number of epoxide rings is 1. The molecule has 6 nitrogen and oxygen atoms in total. The standard InChI is InChI=1S/C20H30O6/c1-11-5-4-7-20(3)14(26-20)6-8-19(2,23)15-9-12-13(10-21)18(22)25-17(12)16(11)24-15/h11,14-17,21,23H,4-10H2,1-3H3/t11-,14-,15+,16+,17-,19-,20-/m0/s1. The van der Waals surface area contributed by atoms with Crippen LogP contribution in [0.1, 0.15) is 59.3 Å². The van der Waals surface area contributed by atoms with E-state index in [0.717, 1.165) is 31.3 Å². The van der Waals surface area contributed by atoms with Crippen molar-refractivity contribution >= 4 is 5.97 Å². The highest BCUT2D eigenvalue weighted by Crippen LogP contribution is 2.47. The van der Waals surface area contributed by atoms with Gasteiger partial charge in [0.1, 0.15) is 6.10 Å². The van der Waals surface area contributed by atoms with Crippen LogP contribution in [0, 0.1) is 5.92 Å². The summed E-state index contributed by atoms with van der Waals surface area (Å²) in [5, 5.41) is 20.8. The Morgan fingerprint density at radius 3 is 2.69 bits per heavy atom. The molecule has 3 fully saturated rings. The van der Waals surface area contributed by atoms with E-state index in [1.54, 1.807) is 0 Å². The van der Waals surface area contributed by atoms with Crippen molar-refractivity contribution < 1.29 is 29.2 Å². The zero-order chi connectivity index (χ0) is 18.7. The number of esters is 1. The first-order chi connectivity index (χ1) is 12.2. The fourth-order valence-corrected chi connectivity index (χ4v) is 4.94. The molecule has 0 amide bonds. The topological polar surface area (TPSA) is 88.5 Å². The van der Waals surface area contributed by atoms with Crippen LogP contribution in [0.4, 0.5) is 0 Å². The molecule has 26 heavy (non-hydrogen) atoms. The molecular weight excluding hydrogens is 336 g/mol. The van der Waals surface area contributed by atoms with E-state index in [0.29, 0.717) is 18.4 Å². The molecule has 0 spiro atoms. The molecule has 0 radical (unpaired) electrons. The molecule has 4 aliphatic heterocycles. The van der Waals surface area contributed by atoms with Gasteiger partial charge in [-0.3, -0.25) is 0 Å².